The van der Waals surface area contributed by atoms with Crippen molar-refractivity contribution in [2.75, 3.05) is 0 Å². The molecule has 0 saturated heterocycles. The Morgan fingerprint density at radius 3 is 2.50 bits per heavy atom. The molecule has 2 rings (SSSR count). The number of halogens is 2. The quantitative estimate of drug-likeness (QED) is 0.904. The molecule has 0 unspecified atom stereocenters. The van der Waals surface area contributed by atoms with Gasteiger partial charge in [-0.3, -0.25) is 0 Å². The van der Waals surface area contributed by atoms with Crippen molar-refractivity contribution in [2.24, 2.45) is 0 Å². The number of hydrogen-bond donors (Lipinski definition) is 2. The summed E-state index contributed by atoms with van der Waals surface area (Å²) in [5.74, 6) is 0.00966. The second-order valence-electron chi connectivity index (χ2n) is 3.97. The highest BCUT2D eigenvalue weighted by Crippen LogP contribution is 2.17. The summed E-state index contributed by atoms with van der Waals surface area (Å²) < 4.78 is 14.3. The van der Waals surface area contributed by atoms with Crippen molar-refractivity contribution in [3.05, 3.63) is 63.9 Å². The summed E-state index contributed by atoms with van der Waals surface area (Å²) in [6.45, 7) is 0.926. The van der Waals surface area contributed by atoms with Gasteiger partial charge in [0.1, 0.15) is 11.6 Å². The van der Waals surface area contributed by atoms with Gasteiger partial charge in [0, 0.05) is 28.7 Å². The Balaban J connectivity index is 1.95. The summed E-state index contributed by atoms with van der Waals surface area (Å²) in [6, 6.07) is 12.1. The van der Waals surface area contributed by atoms with Gasteiger partial charge in [-0.25, -0.2) is 4.39 Å². The van der Waals surface area contributed by atoms with Gasteiger partial charge in [0.2, 0.25) is 0 Å². The molecule has 0 aliphatic carbocycles. The third kappa shape index (κ3) is 3.31. The molecule has 2 N–H and O–H groups in total. The van der Waals surface area contributed by atoms with Crippen molar-refractivity contribution in [2.45, 2.75) is 13.1 Å². The van der Waals surface area contributed by atoms with E-state index in [1.54, 1.807) is 24.3 Å². The number of rotatable bonds is 4. The van der Waals surface area contributed by atoms with Crippen molar-refractivity contribution >= 4 is 15.9 Å². The van der Waals surface area contributed by atoms with Gasteiger partial charge in [-0.1, -0.05) is 40.2 Å². The Hall–Kier alpha value is -1.39. The molecule has 0 heterocycles. The molecule has 0 saturated carbocycles. The minimum atomic E-state index is -0.242. The van der Waals surface area contributed by atoms with E-state index in [2.05, 4.69) is 21.2 Å². The molecule has 2 nitrogen and oxygen atoms in total. The van der Waals surface area contributed by atoms with Crippen LogP contribution in [0.5, 0.6) is 5.75 Å². The van der Waals surface area contributed by atoms with Crippen LogP contribution >= 0.6 is 15.9 Å². The summed E-state index contributed by atoms with van der Waals surface area (Å²) in [7, 11) is 0. The third-order valence-corrected chi connectivity index (χ3v) is 3.13. The van der Waals surface area contributed by atoms with Crippen LogP contribution in [0.15, 0.2) is 46.9 Å². The normalized spacial score (nSPS) is 10.6. The first-order chi connectivity index (χ1) is 8.66. The van der Waals surface area contributed by atoms with Crippen LogP contribution in [0, 0.1) is 5.82 Å². The Morgan fingerprint density at radius 2 is 1.78 bits per heavy atom. The van der Waals surface area contributed by atoms with E-state index in [4.69, 9.17) is 0 Å². The highest BCUT2D eigenvalue weighted by atomic mass is 79.9. The molecule has 2 aromatic carbocycles. The fourth-order valence-corrected chi connectivity index (χ4v) is 1.99. The smallest absolute Gasteiger partial charge is 0.128 e. The molecule has 0 aliphatic rings. The molecule has 0 fully saturated rings. The van der Waals surface area contributed by atoms with Crippen LogP contribution in [-0.2, 0) is 13.1 Å². The standard InChI is InChI=1S/C14H13BrFNO/c15-12-6-5-10(13(16)7-12)8-17-9-11-3-1-2-4-14(11)18/h1-7,17-18H,8-9H2. The minimum Gasteiger partial charge on any atom is -0.508 e. The molecule has 4 heteroatoms. The number of nitrogens with one attached hydrogen (secondary N) is 1. The summed E-state index contributed by atoms with van der Waals surface area (Å²) in [4.78, 5) is 0. The van der Waals surface area contributed by atoms with Crippen LogP contribution in [0.1, 0.15) is 11.1 Å². The number of para-hydroxylation sites is 1. The Kier molecular flexibility index (Phi) is 4.33. The van der Waals surface area contributed by atoms with Gasteiger partial charge in [0.15, 0.2) is 0 Å². The van der Waals surface area contributed by atoms with Gasteiger partial charge in [0.25, 0.3) is 0 Å². The van der Waals surface area contributed by atoms with E-state index in [-0.39, 0.29) is 11.6 Å². The molecule has 0 bridgehead atoms. The zero-order chi connectivity index (χ0) is 13.0. The summed E-state index contributed by atoms with van der Waals surface area (Å²) >= 11 is 3.22. The maximum absolute atomic E-state index is 13.5. The fraction of sp³-hybridized carbons (Fsp3) is 0.143. The van der Waals surface area contributed by atoms with Gasteiger partial charge >= 0.3 is 0 Å². The van der Waals surface area contributed by atoms with Crippen LogP contribution < -0.4 is 5.32 Å². The van der Waals surface area contributed by atoms with Crippen molar-refractivity contribution in [1.29, 1.82) is 0 Å². The van der Waals surface area contributed by atoms with Crippen molar-refractivity contribution < 1.29 is 9.50 Å². The summed E-state index contributed by atoms with van der Waals surface area (Å²) in [5.41, 5.74) is 1.41. The minimum absolute atomic E-state index is 0.242. The Labute approximate surface area is 114 Å². The molecule has 0 aliphatic heterocycles. The molecule has 0 radical (unpaired) electrons. The highest BCUT2D eigenvalue weighted by Gasteiger charge is 2.03. The lowest BCUT2D eigenvalue weighted by atomic mass is 10.2. The SMILES string of the molecule is Oc1ccccc1CNCc1ccc(Br)cc1F. The van der Waals surface area contributed by atoms with Crippen molar-refractivity contribution in [3.63, 3.8) is 0 Å². The lowest BCUT2D eigenvalue weighted by molar-refractivity contribution is 0.464. The first-order valence-corrected chi connectivity index (χ1v) is 6.37. The predicted molar refractivity (Wildman–Crippen MR) is 72.8 cm³/mol. The van der Waals surface area contributed by atoms with Crippen LogP contribution in [-0.4, -0.2) is 5.11 Å². The van der Waals surface area contributed by atoms with Crippen molar-refractivity contribution in [3.8, 4) is 5.75 Å². The van der Waals surface area contributed by atoms with Gasteiger partial charge in [-0.2, -0.15) is 0 Å². The second kappa shape index (κ2) is 5.98. The summed E-state index contributed by atoms with van der Waals surface area (Å²) in [6.07, 6.45) is 0. The average Bonchev–Trinajstić information content (AvgIpc) is 2.34. The molecular weight excluding hydrogens is 297 g/mol. The molecule has 2 aromatic rings. The third-order valence-electron chi connectivity index (χ3n) is 2.64. The highest BCUT2D eigenvalue weighted by molar-refractivity contribution is 9.10. The van der Waals surface area contributed by atoms with E-state index in [1.807, 2.05) is 12.1 Å². The topological polar surface area (TPSA) is 32.3 Å². The van der Waals surface area contributed by atoms with Gasteiger partial charge in [0.05, 0.1) is 0 Å². The van der Waals surface area contributed by atoms with E-state index < -0.39 is 0 Å². The first kappa shape index (κ1) is 13.1. The summed E-state index contributed by atoms with van der Waals surface area (Å²) in [5, 5.41) is 12.7. The molecule has 0 spiro atoms. The zero-order valence-electron chi connectivity index (χ0n) is 9.66. The molecule has 0 amide bonds. The second-order valence-corrected chi connectivity index (χ2v) is 4.88. The maximum atomic E-state index is 13.5. The van der Waals surface area contributed by atoms with Gasteiger partial charge in [-0.15, -0.1) is 0 Å². The van der Waals surface area contributed by atoms with Crippen LogP contribution in [0.3, 0.4) is 0 Å². The van der Waals surface area contributed by atoms with Crippen molar-refractivity contribution in [1.82, 2.24) is 5.32 Å². The molecule has 0 atom stereocenters. The number of phenolic OH excluding ortho intramolecular Hbond substituents is 1. The maximum Gasteiger partial charge on any atom is 0.128 e. The lowest BCUT2D eigenvalue weighted by Crippen LogP contribution is -2.13. The van der Waals surface area contributed by atoms with Gasteiger partial charge in [-0.05, 0) is 18.2 Å². The predicted octanol–water partition coefficient (Wildman–Crippen LogP) is 3.58. The van der Waals surface area contributed by atoms with E-state index in [9.17, 15) is 9.50 Å². The van der Waals surface area contributed by atoms with E-state index in [0.717, 1.165) is 10.0 Å². The number of benzene rings is 2. The number of phenols is 1. The Morgan fingerprint density at radius 1 is 1.06 bits per heavy atom. The monoisotopic (exact) mass is 309 g/mol. The van der Waals surface area contributed by atoms with E-state index >= 15 is 0 Å². The number of aromatic hydroxyl groups is 1. The molecule has 0 aromatic heterocycles. The largest absolute Gasteiger partial charge is 0.508 e. The lowest BCUT2D eigenvalue weighted by Gasteiger charge is -2.07. The molecular formula is C14H13BrFNO. The zero-order valence-corrected chi connectivity index (χ0v) is 11.2. The molecule has 18 heavy (non-hydrogen) atoms. The van der Waals surface area contributed by atoms with Crippen LogP contribution in [0.2, 0.25) is 0 Å². The van der Waals surface area contributed by atoms with Crippen LogP contribution in [0.4, 0.5) is 4.39 Å². The fourth-order valence-electron chi connectivity index (χ4n) is 1.66. The molecule has 94 valence electrons. The number of hydrogen-bond acceptors (Lipinski definition) is 2. The average molecular weight is 310 g/mol. The van der Waals surface area contributed by atoms with E-state index in [0.29, 0.717) is 18.7 Å². The van der Waals surface area contributed by atoms with Gasteiger partial charge < -0.3 is 10.4 Å². The first-order valence-electron chi connectivity index (χ1n) is 5.58. The van der Waals surface area contributed by atoms with E-state index in [1.165, 1.54) is 6.07 Å². The Bertz CT molecular complexity index is 545. The van der Waals surface area contributed by atoms with Crippen LogP contribution in [0.25, 0.3) is 0 Å².